The minimum absolute atomic E-state index is 0.0906. The SMILES string of the molecule is COc1cc(NC(C(=O)c2c[nH]c3cc(C)c(C)c(F)c23)c2ccc(Cl)cc2OC)cc(OCCO)c1. The molecule has 0 aliphatic heterocycles. The number of hydrogen-bond donors (Lipinski definition) is 3. The van der Waals surface area contributed by atoms with E-state index in [-0.39, 0.29) is 29.9 Å². The van der Waals surface area contributed by atoms with Crippen molar-refractivity contribution in [3.63, 3.8) is 0 Å². The summed E-state index contributed by atoms with van der Waals surface area (Å²) in [6, 6.07) is 10.9. The second kappa shape index (κ2) is 11.1. The molecule has 0 saturated carbocycles. The number of aromatic amines is 1. The third-order valence-corrected chi connectivity index (χ3v) is 6.47. The van der Waals surface area contributed by atoms with Gasteiger partial charge in [0, 0.05) is 57.1 Å². The van der Waals surface area contributed by atoms with Crippen LogP contribution in [0.1, 0.15) is 33.1 Å². The summed E-state index contributed by atoms with van der Waals surface area (Å²) in [5.41, 5.74) is 3.02. The predicted octanol–water partition coefficient (Wildman–Crippen LogP) is 6.00. The van der Waals surface area contributed by atoms with E-state index in [2.05, 4.69) is 10.3 Å². The number of ketones is 1. The number of ether oxygens (including phenoxy) is 3. The molecule has 1 unspecified atom stereocenters. The molecule has 194 valence electrons. The Morgan fingerprint density at radius 1 is 1.11 bits per heavy atom. The van der Waals surface area contributed by atoms with E-state index < -0.39 is 11.9 Å². The molecule has 37 heavy (non-hydrogen) atoms. The van der Waals surface area contributed by atoms with E-state index >= 15 is 4.39 Å². The third kappa shape index (κ3) is 5.35. The molecule has 0 saturated heterocycles. The molecule has 0 aliphatic carbocycles. The van der Waals surface area contributed by atoms with Crippen molar-refractivity contribution in [2.75, 3.05) is 32.8 Å². The van der Waals surface area contributed by atoms with Gasteiger partial charge in [0.2, 0.25) is 0 Å². The van der Waals surface area contributed by atoms with E-state index in [4.69, 9.17) is 30.9 Å². The number of aliphatic hydroxyl groups excluding tert-OH is 1. The first-order valence-electron chi connectivity index (χ1n) is 11.6. The highest BCUT2D eigenvalue weighted by molar-refractivity contribution is 6.30. The van der Waals surface area contributed by atoms with Crippen molar-refractivity contribution in [3.05, 3.63) is 81.8 Å². The van der Waals surface area contributed by atoms with E-state index in [1.165, 1.54) is 20.4 Å². The van der Waals surface area contributed by atoms with Crippen molar-refractivity contribution in [1.29, 1.82) is 0 Å². The van der Waals surface area contributed by atoms with Gasteiger partial charge >= 0.3 is 0 Å². The standard InChI is InChI=1S/C28H28ClFN2O5/c1-15-9-23-25(26(30)16(15)2)22(14-31-23)28(34)27(21-6-5-17(29)10-24(21)36-4)32-18-11-19(35-3)13-20(12-18)37-8-7-33/h5-6,9-14,27,31-33H,7-8H2,1-4H3. The van der Waals surface area contributed by atoms with Crippen LogP contribution >= 0.6 is 11.6 Å². The zero-order valence-electron chi connectivity index (χ0n) is 20.9. The quantitative estimate of drug-likeness (QED) is 0.219. The average molecular weight is 527 g/mol. The lowest BCUT2D eigenvalue weighted by atomic mass is 9.94. The van der Waals surface area contributed by atoms with Crippen molar-refractivity contribution in [3.8, 4) is 17.2 Å². The van der Waals surface area contributed by atoms with E-state index in [0.29, 0.717) is 44.6 Å². The number of aromatic nitrogens is 1. The maximum atomic E-state index is 15.4. The van der Waals surface area contributed by atoms with Gasteiger partial charge in [0.1, 0.15) is 35.7 Å². The Kier molecular flexibility index (Phi) is 7.90. The minimum Gasteiger partial charge on any atom is -0.497 e. The van der Waals surface area contributed by atoms with Crippen LogP contribution in [0.4, 0.5) is 10.1 Å². The van der Waals surface area contributed by atoms with Crippen LogP contribution < -0.4 is 19.5 Å². The van der Waals surface area contributed by atoms with Crippen LogP contribution in [0.25, 0.3) is 10.9 Å². The molecular formula is C28H28ClFN2O5. The molecule has 7 nitrogen and oxygen atoms in total. The van der Waals surface area contributed by atoms with Crippen LogP contribution in [0.2, 0.25) is 5.02 Å². The van der Waals surface area contributed by atoms with Crippen LogP contribution in [0.15, 0.2) is 48.7 Å². The smallest absolute Gasteiger partial charge is 0.191 e. The maximum Gasteiger partial charge on any atom is 0.191 e. The van der Waals surface area contributed by atoms with E-state index in [9.17, 15) is 4.79 Å². The number of benzene rings is 3. The van der Waals surface area contributed by atoms with Gasteiger partial charge in [-0.1, -0.05) is 17.7 Å². The molecule has 3 aromatic carbocycles. The molecule has 0 spiro atoms. The summed E-state index contributed by atoms with van der Waals surface area (Å²) in [5, 5.41) is 13.1. The highest BCUT2D eigenvalue weighted by Crippen LogP contribution is 2.37. The number of halogens is 2. The van der Waals surface area contributed by atoms with Crippen LogP contribution in [0, 0.1) is 19.7 Å². The number of aryl methyl sites for hydroxylation is 1. The first kappa shape index (κ1) is 26.3. The molecule has 0 radical (unpaired) electrons. The van der Waals surface area contributed by atoms with Crippen molar-refractivity contribution >= 4 is 34.0 Å². The number of Topliss-reactive ketones (excluding diaryl/α,β-unsaturated/α-hetero) is 1. The van der Waals surface area contributed by atoms with Gasteiger partial charge in [-0.05, 0) is 43.2 Å². The summed E-state index contributed by atoms with van der Waals surface area (Å²) >= 11 is 6.19. The summed E-state index contributed by atoms with van der Waals surface area (Å²) in [7, 11) is 3.00. The topological polar surface area (TPSA) is 92.8 Å². The Labute approximate surface area is 219 Å². The zero-order valence-corrected chi connectivity index (χ0v) is 21.7. The number of carbonyl (C=O) groups excluding carboxylic acids is 1. The Bertz CT molecular complexity index is 1450. The first-order valence-corrected chi connectivity index (χ1v) is 12.0. The van der Waals surface area contributed by atoms with Crippen LogP contribution in [0.3, 0.4) is 0 Å². The molecule has 1 heterocycles. The summed E-state index contributed by atoms with van der Waals surface area (Å²) < 4.78 is 31.9. The molecule has 9 heteroatoms. The molecule has 0 bridgehead atoms. The lowest BCUT2D eigenvalue weighted by Gasteiger charge is -2.22. The van der Waals surface area contributed by atoms with Gasteiger partial charge in [0.25, 0.3) is 0 Å². The van der Waals surface area contributed by atoms with Gasteiger partial charge < -0.3 is 29.6 Å². The number of anilines is 1. The number of rotatable bonds is 10. The lowest BCUT2D eigenvalue weighted by molar-refractivity contribution is 0.0969. The minimum atomic E-state index is -0.981. The Morgan fingerprint density at radius 3 is 2.57 bits per heavy atom. The van der Waals surface area contributed by atoms with E-state index in [1.807, 2.05) is 13.0 Å². The van der Waals surface area contributed by atoms with E-state index in [0.717, 1.165) is 5.56 Å². The number of aliphatic hydroxyl groups is 1. The number of fused-ring (bicyclic) bond motifs is 1. The van der Waals surface area contributed by atoms with Gasteiger partial charge in [-0.2, -0.15) is 0 Å². The molecule has 1 atom stereocenters. The summed E-state index contributed by atoms with van der Waals surface area (Å²) in [4.78, 5) is 17.1. The molecule has 0 fully saturated rings. The second-order valence-corrected chi connectivity index (χ2v) is 8.99. The zero-order chi connectivity index (χ0) is 26.7. The van der Waals surface area contributed by atoms with Crippen molar-refractivity contribution < 1.29 is 28.5 Å². The van der Waals surface area contributed by atoms with Gasteiger partial charge in [0.15, 0.2) is 5.78 Å². The summed E-state index contributed by atoms with van der Waals surface area (Å²) in [6.45, 7) is 3.44. The Hall–Kier alpha value is -3.75. The van der Waals surface area contributed by atoms with Crippen LogP contribution in [0.5, 0.6) is 17.2 Å². The monoisotopic (exact) mass is 526 g/mol. The number of H-pyrrole nitrogens is 1. The Balaban J connectivity index is 1.85. The van der Waals surface area contributed by atoms with Crippen molar-refractivity contribution in [2.24, 2.45) is 0 Å². The number of carbonyl (C=O) groups is 1. The number of methoxy groups -OCH3 is 2. The first-order chi connectivity index (χ1) is 17.8. The van der Waals surface area contributed by atoms with Crippen LogP contribution in [-0.2, 0) is 0 Å². The number of hydrogen-bond acceptors (Lipinski definition) is 6. The fourth-order valence-corrected chi connectivity index (χ4v) is 4.38. The molecule has 0 amide bonds. The molecule has 0 aliphatic rings. The van der Waals surface area contributed by atoms with Gasteiger partial charge in [-0.3, -0.25) is 4.79 Å². The molecule has 3 N–H and O–H groups in total. The third-order valence-electron chi connectivity index (χ3n) is 6.23. The molecular weight excluding hydrogens is 499 g/mol. The van der Waals surface area contributed by atoms with Gasteiger partial charge in [-0.25, -0.2) is 4.39 Å². The summed E-state index contributed by atoms with van der Waals surface area (Å²) in [5.74, 6) is 0.494. The number of nitrogens with one attached hydrogen (secondary N) is 2. The largest absolute Gasteiger partial charge is 0.497 e. The fraction of sp³-hybridized carbons (Fsp3) is 0.250. The van der Waals surface area contributed by atoms with E-state index in [1.54, 1.807) is 43.3 Å². The summed E-state index contributed by atoms with van der Waals surface area (Å²) in [6.07, 6.45) is 1.52. The second-order valence-electron chi connectivity index (χ2n) is 8.55. The van der Waals surface area contributed by atoms with Crippen LogP contribution in [-0.4, -0.2) is 43.3 Å². The maximum absolute atomic E-state index is 15.4. The predicted molar refractivity (Wildman–Crippen MR) is 142 cm³/mol. The average Bonchev–Trinajstić information content (AvgIpc) is 3.32. The highest BCUT2D eigenvalue weighted by atomic mass is 35.5. The highest BCUT2D eigenvalue weighted by Gasteiger charge is 2.29. The molecule has 4 rings (SSSR count). The normalized spacial score (nSPS) is 11.9. The van der Waals surface area contributed by atoms with Gasteiger partial charge in [0.05, 0.1) is 20.8 Å². The lowest BCUT2D eigenvalue weighted by Crippen LogP contribution is -2.22. The fourth-order valence-electron chi connectivity index (χ4n) is 4.22. The molecule has 4 aromatic rings. The van der Waals surface area contributed by atoms with Crippen molar-refractivity contribution in [2.45, 2.75) is 19.9 Å². The van der Waals surface area contributed by atoms with Gasteiger partial charge in [-0.15, -0.1) is 0 Å². The molecule has 1 aromatic heterocycles. The Morgan fingerprint density at radius 2 is 1.86 bits per heavy atom. The van der Waals surface area contributed by atoms with Crippen molar-refractivity contribution in [1.82, 2.24) is 4.98 Å².